The van der Waals surface area contributed by atoms with Crippen LogP contribution in [0.15, 0.2) is 4.42 Å². The Morgan fingerprint density at radius 3 is 2.56 bits per heavy atom. The Balaban J connectivity index is 0.000000640. The summed E-state index contributed by atoms with van der Waals surface area (Å²) in [6, 6.07) is 0. The number of hydrogen-bond acceptors (Lipinski definition) is 2. The van der Waals surface area contributed by atoms with Gasteiger partial charge in [-0.05, 0) is 6.42 Å². The average molecular weight is 294 g/mol. The zero-order valence-corrected chi connectivity index (χ0v) is 8.40. The number of nitrogens with zero attached hydrogens (tertiary/aromatic N) is 1. The van der Waals surface area contributed by atoms with E-state index in [9.17, 15) is 0 Å². The van der Waals surface area contributed by atoms with Crippen molar-refractivity contribution in [1.29, 1.82) is 0 Å². The van der Waals surface area contributed by atoms with Gasteiger partial charge in [0.2, 0.25) is 0 Å². The summed E-state index contributed by atoms with van der Waals surface area (Å²) in [7, 11) is 0. The fourth-order valence-corrected chi connectivity index (χ4v) is 0.516. The summed E-state index contributed by atoms with van der Waals surface area (Å²) in [6.45, 7) is 3.83. The predicted molar refractivity (Wildman–Crippen MR) is 29.5 cm³/mol. The van der Waals surface area contributed by atoms with Crippen LogP contribution in [0.25, 0.3) is 0 Å². The molecule has 1 rings (SSSR count). The van der Waals surface area contributed by atoms with Gasteiger partial charge in [-0.15, -0.1) is 6.20 Å². The SMILES string of the molecule is CCc1[c-]nc(C)o1.[W]. The second-order valence-corrected chi connectivity index (χ2v) is 1.62. The molecule has 0 N–H and O–H groups in total. The van der Waals surface area contributed by atoms with Gasteiger partial charge in [-0.1, -0.05) is 13.8 Å². The molecule has 0 aliphatic carbocycles. The molecule has 0 unspecified atom stereocenters. The van der Waals surface area contributed by atoms with Gasteiger partial charge in [-0.3, -0.25) is 0 Å². The molecule has 1 aromatic heterocycles. The van der Waals surface area contributed by atoms with E-state index in [-0.39, 0.29) is 21.1 Å². The first-order valence-corrected chi connectivity index (χ1v) is 2.67. The second-order valence-electron chi connectivity index (χ2n) is 1.62. The van der Waals surface area contributed by atoms with E-state index in [1.54, 1.807) is 0 Å². The van der Waals surface area contributed by atoms with Crippen LogP contribution in [0.2, 0.25) is 0 Å². The van der Waals surface area contributed by atoms with Crippen LogP contribution in [-0.2, 0) is 27.5 Å². The van der Waals surface area contributed by atoms with Gasteiger partial charge in [0.1, 0.15) is 0 Å². The van der Waals surface area contributed by atoms with Gasteiger partial charge in [0.15, 0.2) is 0 Å². The zero-order chi connectivity index (χ0) is 5.98. The van der Waals surface area contributed by atoms with Gasteiger partial charge in [-0.25, -0.2) is 0 Å². The van der Waals surface area contributed by atoms with Crippen molar-refractivity contribution < 1.29 is 25.5 Å². The first kappa shape index (κ1) is 8.90. The minimum Gasteiger partial charge on any atom is -0.551 e. The van der Waals surface area contributed by atoms with Crippen LogP contribution in [-0.4, -0.2) is 4.98 Å². The molecule has 1 heterocycles. The maximum Gasteiger partial charge on any atom is 0.0323 e. The minimum atomic E-state index is 0. The predicted octanol–water partition coefficient (Wildman–Crippen LogP) is 1.34. The molecule has 0 bridgehead atoms. The molecule has 0 atom stereocenters. The molecule has 0 radical (unpaired) electrons. The fraction of sp³-hybridized carbons (Fsp3) is 0.500. The Kier molecular flexibility index (Phi) is 3.79. The molecule has 50 valence electrons. The number of hydrogen-bond donors (Lipinski definition) is 0. The summed E-state index contributed by atoms with van der Waals surface area (Å²) in [5.74, 6) is 1.53. The Bertz CT molecular complexity index is 173. The van der Waals surface area contributed by atoms with E-state index in [0.717, 1.165) is 12.2 Å². The van der Waals surface area contributed by atoms with Gasteiger partial charge >= 0.3 is 0 Å². The van der Waals surface area contributed by atoms with Crippen LogP contribution in [0.1, 0.15) is 18.6 Å². The van der Waals surface area contributed by atoms with E-state index in [1.165, 1.54) is 0 Å². The molecule has 0 aliphatic rings. The van der Waals surface area contributed by atoms with E-state index in [0.29, 0.717) is 5.89 Å². The first-order valence-electron chi connectivity index (χ1n) is 2.67. The van der Waals surface area contributed by atoms with E-state index >= 15 is 0 Å². The maximum atomic E-state index is 5.07. The standard InChI is InChI=1S/C6H8NO.W/c1-3-6-4-7-5(2)8-6;/h3H2,1-2H3;/q-1;. The topological polar surface area (TPSA) is 26.0 Å². The van der Waals surface area contributed by atoms with Gasteiger partial charge in [0, 0.05) is 32.7 Å². The summed E-state index contributed by atoms with van der Waals surface area (Å²) in [5, 5.41) is 0. The number of aryl methyl sites for hydroxylation is 2. The van der Waals surface area contributed by atoms with Crippen molar-refractivity contribution in [3.05, 3.63) is 17.8 Å². The minimum absolute atomic E-state index is 0. The van der Waals surface area contributed by atoms with E-state index in [1.807, 2.05) is 13.8 Å². The molecule has 1 aromatic rings. The Morgan fingerprint density at radius 1 is 1.67 bits per heavy atom. The number of rotatable bonds is 1. The van der Waals surface area contributed by atoms with Gasteiger partial charge in [-0.2, -0.15) is 0 Å². The number of aromatic nitrogens is 1. The molecule has 0 saturated heterocycles. The van der Waals surface area contributed by atoms with Gasteiger partial charge in [0.05, 0.1) is 0 Å². The summed E-state index contributed by atoms with van der Waals surface area (Å²) in [5.41, 5.74) is 0. The molecule has 9 heavy (non-hydrogen) atoms. The van der Waals surface area contributed by atoms with Crippen LogP contribution in [0.4, 0.5) is 0 Å². The van der Waals surface area contributed by atoms with Gasteiger partial charge in [0.25, 0.3) is 0 Å². The molecule has 3 heteroatoms. The van der Waals surface area contributed by atoms with Crippen molar-refractivity contribution in [3.8, 4) is 0 Å². The van der Waals surface area contributed by atoms with Crippen molar-refractivity contribution in [1.82, 2.24) is 4.98 Å². The average Bonchev–Trinajstić information content (AvgIpc) is 2.14. The Labute approximate surface area is 68.9 Å². The maximum absolute atomic E-state index is 5.07. The largest absolute Gasteiger partial charge is 0.551 e. The van der Waals surface area contributed by atoms with Crippen LogP contribution in [0, 0.1) is 13.1 Å². The third-order valence-corrected chi connectivity index (χ3v) is 0.930. The third kappa shape index (κ3) is 2.31. The quantitative estimate of drug-likeness (QED) is 0.731. The van der Waals surface area contributed by atoms with Crippen LogP contribution >= 0.6 is 0 Å². The molecule has 0 saturated carbocycles. The second kappa shape index (κ2) is 3.84. The van der Waals surface area contributed by atoms with Crippen LogP contribution in [0.5, 0.6) is 0 Å². The molecular weight excluding hydrogens is 286 g/mol. The summed E-state index contributed by atoms with van der Waals surface area (Å²) < 4.78 is 5.07. The fourth-order valence-electron chi connectivity index (χ4n) is 0.516. The summed E-state index contributed by atoms with van der Waals surface area (Å²) >= 11 is 0. The Hall–Kier alpha value is -0.102. The van der Waals surface area contributed by atoms with Crippen molar-refractivity contribution in [2.45, 2.75) is 20.3 Å². The van der Waals surface area contributed by atoms with Crippen LogP contribution in [0.3, 0.4) is 0 Å². The first-order chi connectivity index (χ1) is 3.83. The molecule has 0 aromatic carbocycles. The normalized spacial score (nSPS) is 8.67. The van der Waals surface area contributed by atoms with Crippen molar-refractivity contribution >= 4 is 0 Å². The van der Waals surface area contributed by atoms with Gasteiger partial charge < -0.3 is 9.40 Å². The smallest absolute Gasteiger partial charge is 0.0323 e. The van der Waals surface area contributed by atoms with Crippen molar-refractivity contribution in [3.63, 3.8) is 0 Å². The van der Waals surface area contributed by atoms with Crippen molar-refractivity contribution in [2.24, 2.45) is 0 Å². The third-order valence-electron chi connectivity index (χ3n) is 0.930. The molecular formula is C6H8NOW-. The van der Waals surface area contributed by atoms with Crippen LogP contribution < -0.4 is 0 Å². The molecule has 0 fully saturated rings. The van der Waals surface area contributed by atoms with Crippen molar-refractivity contribution in [2.75, 3.05) is 0 Å². The molecule has 2 nitrogen and oxygen atoms in total. The Morgan fingerprint density at radius 2 is 2.33 bits per heavy atom. The summed E-state index contributed by atoms with van der Waals surface area (Å²) in [4.78, 5) is 3.80. The monoisotopic (exact) mass is 294 g/mol. The molecule has 0 aliphatic heterocycles. The molecule has 0 spiro atoms. The van der Waals surface area contributed by atoms with E-state index in [4.69, 9.17) is 4.42 Å². The van der Waals surface area contributed by atoms with E-state index in [2.05, 4.69) is 11.2 Å². The molecule has 0 amide bonds. The zero-order valence-electron chi connectivity index (χ0n) is 5.47. The number of oxazole rings is 1. The van der Waals surface area contributed by atoms with E-state index < -0.39 is 0 Å². The summed E-state index contributed by atoms with van der Waals surface area (Å²) in [6.07, 6.45) is 3.61.